The second-order valence-electron chi connectivity index (χ2n) is 5.10. The van der Waals surface area contributed by atoms with Gasteiger partial charge in [0.1, 0.15) is 23.1 Å². The zero-order chi connectivity index (χ0) is 16.7. The Kier molecular flexibility index (Phi) is 3.87. The van der Waals surface area contributed by atoms with Crippen LogP contribution < -0.4 is 11.3 Å². The van der Waals surface area contributed by atoms with Crippen molar-refractivity contribution in [1.82, 2.24) is 9.55 Å². The fourth-order valence-corrected chi connectivity index (χ4v) is 2.68. The molecule has 0 fully saturated rings. The molecule has 0 saturated carbocycles. The van der Waals surface area contributed by atoms with Crippen LogP contribution in [0.5, 0.6) is 0 Å². The van der Waals surface area contributed by atoms with Crippen LogP contribution in [-0.2, 0) is 0 Å². The van der Waals surface area contributed by atoms with Gasteiger partial charge in [-0.3, -0.25) is 9.36 Å². The Labute approximate surface area is 135 Å². The molecule has 3 aromatic rings. The SMILES string of the molecule is CC(N)c1nc2cccc(Cl)c2c(=O)n1-c1c(F)cccc1F. The zero-order valence-electron chi connectivity index (χ0n) is 12.1. The van der Waals surface area contributed by atoms with Gasteiger partial charge in [0.25, 0.3) is 5.56 Å². The van der Waals surface area contributed by atoms with E-state index < -0.39 is 28.9 Å². The molecule has 0 radical (unpaired) electrons. The van der Waals surface area contributed by atoms with Gasteiger partial charge in [-0.15, -0.1) is 0 Å². The van der Waals surface area contributed by atoms with Crippen molar-refractivity contribution in [1.29, 1.82) is 0 Å². The maximum absolute atomic E-state index is 14.2. The van der Waals surface area contributed by atoms with Crippen molar-refractivity contribution in [2.24, 2.45) is 5.73 Å². The molecular formula is C16H12ClF2N3O. The molecule has 7 heteroatoms. The van der Waals surface area contributed by atoms with Gasteiger partial charge in [-0.05, 0) is 31.2 Å². The topological polar surface area (TPSA) is 60.9 Å². The Morgan fingerprint density at radius 3 is 2.39 bits per heavy atom. The Morgan fingerprint density at radius 1 is 1.17 bits per heavy atom. The average molecular weight is 336 g/mol. The summed E-state index contributed by atoms with van der Waals surface area (Å²) in [7, 11) is 0. The van der Waals surface area contributed by atoms with Gasteiger partial charge in [0, 0.05) is 0 Å². The zero-order valence-corrected chi connectivity index (χ0v) is 12.8. The highest BCUT2D eigenvalue weighted by molar-refractivity contribution is 6.35. The molecule has 0 amide bonds. The van der Waals surface area contributed by atoms with Gasteiger partial charge in [-0.2, -0.15) is 0 Å². The smallest absolute Gasteiger partial charge is 0.267 e. The van der Waals surface area contributed by atoms with E-state index in [1.165, 1.54) is 12.1 Å². The summed E-state index contributed by atoms with van der Waals surface area (Å²) in [5, 5.41) is 0.239. The summed E-state index contributed by atoms with van der Waals surface area (Å²) in [5.41, 5.74) is 4.99. The Balaban J connectivity index is 2.54. The molecule has 118 valence electrons. The lowest BCUT2D eigenvalue weighted by molar-refractivity contribution is 0.555. The highest BCUT2D eigenvalue weighted by Crippen LogP contribution is 2.24. The number of halogens is 3. The van der Waals surface area contributed by atoms with E-state index in [2.05, 4.69) is 4.98 Å². The predicted molar refractivity (Wildman–Crippen MR) is 84.9 cm³/mol. The minimum Gasteiger partial charge on any atom is -0.322 e. The fourth-order valence-electron chi connectivity index (χ4n) is 2.43. The summed E-state index contributed by atoms with van der Waals surface area (Å²) < 4.78 is 29.2. The summed E-state index contributed by atoms with van der Waals surface area (Å²) in [5.74, 6) is -1.72. The summed E-state index contributed by atoms with van der Waals surface area (Å²) in [6.07, 6.45) is 0. The largest absolute Gasteiger partial charge is 0.322 e. The number of para-hydroxylation sites is 1. The van der Waals surface area contributed by atoms with Gasteiger partial charge in [0.05, 0.1) is 22.0 Å². The first-order chi connectivity index (χ1) is 10.9. The van der Waals surface area contributed by atoms with Crippen LogP contribution >= 0.6 is 11.6 Å². The number of rotatable bonds is 2. The first kappa shape index (κ1) is 15.6. The number of aromatic nitrogens is 2. The van der Waals surface area contributed by atoms with E-state index in [1.54, 1.807) is 19.1 Å². The molecule has 1 unspecified atom stereocenters. The number of benzene rings is 2. The fraction of sp³-hybridized carbons (Fsp3) is 0.125. The van der Waals surface area contributed by atoms with Crippen LogP contribution in [0.2, 0.25) is 5.02 Å². The minimum absolute atomic E-state index is 0.0498. The van der Waals surface area contributed by atoms with Crippen LogP contribution in [-0.4, -0.2) is 9.55 Å². The van der Waals surface area contributed by atoms with Crippen molar-refractivity contribution >= 4 is 22.5 Å². The van der Waals surface area contributed by atoms with Crippen LogP contribution in [0.1, 0.15) is 18.8 Å². The standard InChI is InChI=1S/C16H12ClF2N3O/c1-8(20)15-21-12-7-2-4-9(17)13(12)16(23)22(15)14-10(18)5-3-6-11(14)19/h2-8H,20H2,1H3. The summed E-state index contributed by atoms with van der Waals surface area (Å²) in [6.45, 7) is 1.58. The predicted octanol–water partition coefficient (Wildman–Crippen LogP) is 3.34. The Hall–Kier alpha value is -2.31. The molecule has 1 heterocycles. The van der Waals surface area contributed by atoms with Crippen LogP contribution in [0.4, 0.5) is 8.78 Å². The molecule has 0 saturated heterocycles. The lowest BCUT2D eigenvalue weighted by Gasteiger charge is -2.17. The van der Waals surface area contributed by atoms with Gasteiger partial charge in [-0.25, -0.2) is 13.8 Å². The second kappa shape index (κ2) is 5.72. The molecule has 0 bridgehead atoms. The molecule has 3 rings (SSSR count). The molecule has 0 aliphatic rings. The number of hydrogen-bond donors (Lipinski definition) is 1. The molecule has 0 aliphatic carbocycles. The molecule has 4 nitrogen and oxygen atoms in total. The molecule has 1 aromatic heterocycles. The quantitative estimate of drug-likeness (QED) is 0.781. The average Bonchev–Trinajstić information content (AvgIpc) is 2.48. The number of fused-ring (bicyclic) bond motifs is 1. The first-order valence-corrected chi connectivity index (χ1v) is 7.20. The number of nitrogens with two attached hydrogens (primary N) is 1. The molecule has 0 aliphatic heterocycles. The molecule has 1 atom stereocenters. The van der Waals surface area contributed by atoms with E-state index in [0.29, 0.717) is 5.52 Å². The van der Waals surface area contributed by atoms with Crippen molar-refractivity contribution in [3.05, 3.63) is 69.2 Å². The van der Waals surface area contributed by atoms with Crippen LogP contribution in [0.3, 0.4) is 0 Å². The summed E-state index contributed by atoms with van der Waals surface area (Å²) >= 11 is 6.06. The van der Waals surface area contributed by atoms with E-state index in [-0.39, 0.29) is 16.2 Å². The van der Waals surface area contributed by atoms with Crippen molar-refractivity contribution < 1.29 is 8.78 Å². The van der Waals surface area contributed by atoms with Gasteiger partial charge >= 0.3 is 0 Å². The third kappa shape index (κ3) is 2.50. The van der Waals surface area contributed by atoms with Crippen LogP contribution in [0.15, 0.2) is 41.2 Å². The summed E-state index contributed by atoms with van der Waals surface area (Å²) in [6, 6.07) is 7.36. The maximum Gasteiger partial charge on any atom is 0.267 e. The highest BCUT2D eigenvalue weighted by atomic mass is 35.5. The minimum atomic E-state index is -0.887. The Morgan fingerprint density at radius 2 is 1.78 bits per heavy atom. The first-order valence-electron chi connectivity index (χ1n) is 6.83. The van der Waals surface area contributed by atoms with E-state index in [0.717, 1.165) is 16.7 Å². The van der Waals surface area contributed by atoms with Gasteiger partial charge < -0.3 is 5.73 Å². The van der Waals surface area contributed by atoms with Crippen molar-refractivity contribution in [2.45, 2.75) is 13.0 Å². The monoisotopic (exact) mass is 335 g/mol. The van der Waals surface area contributed by atoms with Crippen LogP contribution in [0, 0.1) is 11.6 Å². The van der Waals surface area contributed by atoms with E-state index in [4.69, 9.17) is 17.3 Å². The lowest BCUT2D eigenvalue weighted by atomic mass is 10.2. The molecule has 2 aromatic carbocycles. The molecule has 23 heavy (non-hydrogen) atoms. The van der Waals surface area contributed by atoms with Crippen molar-refractivity contribution in [3.8, 4) is 5.69 Å². The molecule has 0 spiro atoms. The third-order valence-corrected chi connectivity index (χ3v) is 3.76. The lowest BCUT2D eigenvalue weighted by Crippen LogP contribution is -2.29. The number of nitrogens with zero attached hydrogens (tertiary/aromatic N) is 2. The molecule has 2 N–H and O–H groups in total. The second-order valence-corrected chi connectivity index (χ2v) is 5.51. The third-order valence-electron chi connectivity index (χ3n) is 3.44. The maximum atomic E-state index is 14.2. The van der Waals surface area contributed by atoms with Gasteiger partial charge in [-0.1, -0.05) is 23.7 Å². The normalized spacial score (nSPS) is 12.6. The number of hydrogen-bond acceptors (Lipinski definition) is 3. The van der Waals surface area contributed by atoms with E-state index in [1.807, 2.05) is 0 Å². The van der Waals surface area contributed by atoms with Gasteiger partial charge in [0.2, 0.25) is 0 Å². The summed E-state index contributed by atoms with van der Waals surface area (Å²) in [4.78, 5) is 17.1. The van der Waals surface area contributed by atoms with Gasteiger partial charge in [0.15, 0.2) is 0 Å². The molecular weight excluding hydrogens is 324 g/mol. The Bertz CT molecular complexity index is 949. The highest BCUT2D eigenvalue weighted by Gasteiger charge is 2.21. The van der Waals surface area contributed by atoms with Crippen molar-refractivity contribution in [3.63, 3.8) is 0 Å². The van der Waals surface area contributed by atoms with E-state index >= 15 is 0 Å². The van der Waals surface area contributed by atoms with Crippen molar-refractivity contribution in [2.75, 3.05) is 0 Å². The van der Waals surface area contributed by atoms with E-state index in [9.17, 15) is 13.6 Å². The van der Waals surface area contributed by atoms with Crippen LogP contribution in [0.25, 0.3) is 16.6 Å².